The molecule has 1 fully saturated rings. The zero-order valence-electron chi connectivity index (χ0n) is 9.33. The lowest BCUT2D eigenvalue weighted by molar-refractivity contribution is 0.283. The van der Waals surface area contributed by atoms with E-state index in [9.17, 15) is 0 Å². The van der Waals surface area contributed by atoms with Gasteiger partial charge in [0.05, 0.1) is 5.41 Å². The molecule has 1 heterocycles. The lowest BCUT2D eigenvalue weighted by Gasteiger charge is -2.21. The van der Waals surface area contributed by atoms with Crippen LogP contribution in [0.5, 0.6) is 0 Å². The maximum absolute atomic E-state index is 5.86. The fourth-order valence-corrected chi connectivity index (χ4v) is 2.35. The second-order valence-electron chi connectivity index (χ2n) is 4.46. The zero-order chi connectivity index (χ0) is 10.7. The minimum atomic E-state index is -0.0149. The summed E-state index contributed by atoms with van der Waals surface area (Å²) in [4.78, 5) is 4.47. The summed E-state index contributed by atoms with van der Waals surface area (Å²) in [6, 6.07) is 0. The molecule has 15 heavy (non-hydrogen) atoms. The summed E-state index contributed by atoms with van der Waals surface area (Å²) < 4.78 is 5.35. The van der Waals surface area contributed by atoms with E-state index < -0.39 is 0 Å². The SMILES string of the molecule is CCCc1noc(C2(CN)CCCC2)n1. The highest BCUT2D eigenvalue weighted by Crippen LogP contribution is 2.39. The molecular formula is C11H19N3O. The van der Waals surface area contributed by atoms with Gasteiger partial charge in [0.15, 0.2) is 5.82 Å². The lowest BCUT2D eigenvalue weighted by atomic mass is 9.86. The van der Waals surface area contributed by atoms with Crippen LogP contribution in [-0.4, -0.2) is 16.7 Å². The van der Waals surface area contributed by atoms with Gasteiger partial charge in [-0.3, -0.25) is 0 Å². The van der Waals surface area contributed by atoms with Crippen LogP contribution in [0.2, 0.25) is 0 Å². The number of hydrogen-bond acceptors (Lipinski definition) is 4. The highest BCUT2D eigenvalue weighted by atomic mass is 16.5. The van der Waals surface area contributed by atoms with Gasteiger partial charge in [-0.1, -0.05) is 24.9 Å². The molecular weight excluding hydrogens is 190 g/mol. The Balaban J connectivity index is 2.19. The van der Waals surface area contributed by atoms with Gasteiger partial charge in [0.25, 0.3) is 0 Å². The average Bonchev–Trinajstić information content (AvgIpc) is 2.86. The largest absolute Gasteiger partial charge is 0.339 e. The van der Waals surface area contributed by atoms with Crippen molar-refractivity contribution in [3.8, 4) is 0 Å². The summed E-state index contributed by atoms with van der Waals surface area (Å²) in [6.45, 7) is 2.74. The molecule has 2 rings (SSSR count). The van der Waals surface area contributed by atoms with Crippen LogP contribution >= 0.6 is 0 Å². The third-order valence-electron chi connectivity index (χ3n) is 3.35. The number of aromatic nitrogens is 2. The van der Waals surface area contributed by atoms with Crippen LogP contribution in [0.3, 0.4) is 0 Å². The fourth-order valence-electron chi connectivity index (χ4n) is 2.35. The molecule has 0 bridgehead atoms. The van der Waals surface area contributed by atoms with Crippen molar-refractivity contribution in [1.82, 2.24) is 10.1 Å². The molecule has 0 amide bonds. The Morgan fingerprint density at radius 3 is 2.73 bits per heavy atom. The van der Waals surface area contributed by atoms with Gasteiger partial charge in [0.2, 0.25) is 5.89 Å². The maximum Gasteiger partial charge on any atom is 0.234 e. The summed E-state index contributed by atoms with van der Waals surface area (Å²) in [6.07, 6.45) is 6.58. The van der Waals surface area contributed by atoms with Gasteiger partial charge in [-0.05, 0) is 19.3 Å². The predicted molar refractivity (Wildman–Crippen MR) is 57.5 cm³/mol. The van der Waals surface area contributed by atoms with E-state index in [1.807, 2.05) is 0 Å². The Morgan fingerprint density at radius 1 is 1.40 bits per heavy atom. The Labute approximate surface area is 90.2 Å². The van der Waals surface area contributed by atoms with Crippen LogP contribution in [0.1, 0.15) is 50.7 Å². The van der Waals surface area contributed by atoms with Gasteiger partial charge in [-0.25, -0.2) is 0 Å². The third kappa shape index (κ3) is 1.91. The van der Waals surface area contributed by atoms with Gasteiger partial charge >= 0.3 is 0 Å². The van der Waals surface area contributed by atoms with Crippen molar-refractivity contribution in [2.45, 2.75) is 50.9 Å². The first-order valence-corrected chi connectivity index (χ1v) is 5.84. The second kappa shape index (κ2) is 4.31. The van der Waals surface area contributed by atoms with E-state index >= 15 is 0 Å². The van der Waals surface area contributed by atoms with E-state index in [4.69, 9.17) is 10.3 Å². The van der Waals surface area contributed by atoms with Gasteiger partial charge in [0.1, 0.15) is 0 Å². The highest BCUT2D eigenvalue weighted by molar-refractivity contribution is 5.09. The first kappa shape index (κ1) is 10.6. The Hall–Kier alpha value is -0.900. The minimum absolute atomic E-state index is 0.0149. The average molecular weight is 209 g/mol. The summed E-state index contributed by atoms with van der Waals surface area (Å²) in [7, 11) is 0. The number of nitrogens with two attached hydrogens (primary N) is 1. The van der Waals surface area contributed by atoms with Crippen LogP contribution in [0.4, 0.5) is 0 Å². The van der Waals surface area contributed by atoms with Gasteiger partial charge in [-0.15, -0.1) is 0 Å². The first-order chi connectivity index (χ1) is 7.30. The van der Waals surface area contributed by atoms with Gasteiger partial charge in [-0.2, -0.15) is 4.98 Å². The molecule has 0 aromatic carbocycles. The molecule has 1 aliphatic carbocycles. The maximum atomic E-state index is 5.86. The standard InChI is InChI=1S/C11H19N3O/c1-2-5-9-13-10(15-14-9)11(8-12)6-3-4-7-11/h2-8,12H2,1H3. The van der Waals surface area contributed by atoms with Crippen LogP contribution in [0.15, 0.2) is 4.52 Å². The van der Waals surface area contributed by atoms with Crippen molar-refractivity contribution < 1.29 is 4.52 Å². The van der Waals surface area contributed by atoms with Crippen LogP contribution < -0.4 is 5.73 Å². The minimum Gasteiger partial charge on any atom is -0.339 e. The van der Waals surface area contributed by atoms with Crippen molar-refractivity contribution in [1.29, 1.82) is 0 Å². The molecule has 0 spiro atoms. The van der Waals surface area contributed by atoms with Gasteiger partial charge in [0, 0.05) is 13.0 Å². The van der Waals surface area contributed by atoms with Crippen LogP contribution in [0.25, 0.3) is 0 Å². The molecule has 0 aliphatic heterocycles. The van der Waals surface area contributed by atoms with E-state index in [1.165, 1.54) is 12.8 Å². The number of rotatable bonds is 4. The van der Waals surface area contributed by atoms with Crippen molar-refractivity contribution in [2.24, 2.45) is 5.73 Å². The predicted octanol–water partition coefficient (Wildman–Crippen LogP) is 1.79. The third-order valence-corrected chi connectivity index (χ3v) is 3.35. The fraction of sp³-hybridized carbons (Fsp3) is 0.818. The van der Waals surface area contributed by atoms with Crippen LogP contribution in [-0.2, 0) is 11.8 Å². The summed E-state index contributed by atoms with van der Waals surface area (Å²) in [5, 5.41) is 4.00. The molecule has 1 aromatic heterocycles. The van der Waals surface area contributed by atoms with E-state index in [2.05, 4.69) is 17.1 Å². The Kier molecular flexibility index (Phi) is 3.05. The molecule has 4 nitrogen and oxygen atoms in total. The van der Waals surface area contributed by atoms with Crippen molar-refractivity contribution in [2.75, 3.05) is 6.54 Å². The molecule has 2 N–H and O–H groups in total. The Morgan fingerprint density at radius 2 is 2.13 bits per heavy atom. The molecule has 0 unspecified atom stereocenters. The van der Waals surface area contributed by atoms with E-state index in [-0.39, 0.29) is 5.41 Å². The molecule has 1 saturated carbocycles. The topological polar surface area (TPSA) is 64.9 Å². The molecule has 0 radical (unpaired) electrons. The number of nitrogens with zero attached hydrogens (tertiary/aromatic N) is 2. The van der Waals surface area contributed by atoms with Crippen molar-refractivity contribution in [3.63, 3.8) is 0 Å². The zero-order valence-corrected chi connectivity index (χ0v) is 9.33. The van der Waals surface area contributed by atoms with Crippen molar-refractivity contribution in [3.05, 3.63) is 11.7 Å². The van der Waals surface area contributed by atoms with E-state index in [0.717, 1.165) is 37.4 Å². The molecule has 84 valence electrons. The quantitative estimate of drug-likeness (QED) is 0.821. The normalized spacial score (nSPS) is 19.6. The summed E-state index contributed by atoms with van der Waals surface area (Å²) in [5.74, 6) is 1.60. The number of aryl methyl sites for hydroxylation is 1. The first-order valence-electron chi connectivity index (χ1n) is 5.84. The summed E-state index contributed by atoms with van der Waals surface area (Å²) in [5.41, 5.74) is 5.84. The number of hydrogen-bond donors (Lipinski definition) is 1. The van der Waals surface area contributed by atoms with Crippen molar-refractivity contribution >= 4 is 0 Å². The van der Waals surface area contributed by atoms with Crippen LogP contribution in [0, 0.1) is 0 Å². The molecule has 4 heteroatoms. The Bertz CT molecular complexity index is 315. The lowest BCUT2D eigenvalue weighted by Crippen LogP contribution is -2.32. The van der Waals surface area contributed by atoms with E-state index in [0.29, 0.717) is 6.54 Å². The van der Waals surface area contributed by atoms with Gasteiger partial charge < -0.3 is 10.3 Å². The highest BCUT2D eigenvalue weighted by Gasteiger charge is 2.39. The molecule has 0 atom stereocenters. The van der Waals surface area contributed by atoms with E-state index in [1.54, 1.807) is 0 Å². The molecule has 1 aromatic rings. The summed E-state index contributed by atoms with van der Waals surface area (Å²) >= 11 is 0. The second-order valence-corrected chi connectivity index (χ2v) is 4.46. The molecule has 0 saturated heterocycles. The monoisotopic (exact) mass is 209 g/mol. The smallest absolute Gasteiger partial charge is 0.234 e. The molecule has 1 aliphatic rings.